The fourth-order valence-electron chi connectivity index (χ4n) is 0.808. The molecule has 0 atom stereocenters. The number of H-pyrrole nitrogens is 1. The number of nitrogens with zero attached hydrogens (tertiary/aromatic N) is 4. The first-order valence-corrected chi connectivity index (χ1v) is 3.58. The van der Waals surface area contributed by atoms with Gasteiger partial charge in [0, 0.05) is 6.42 Å². The van der Waals surface area contributed by atoms with E-state index in [0.29, 0.717) is 17.5 Å². The highest BCUT2D eigenvalue weighted by atomic mass is 16.5. The second kappa shape index (κ2) is 2.72. The highest BCUT2D eigenvalue weighted by Crippen LogP contribution is 2.08. The molecule has 6 nitrogen and oxygen atoms in total. The lowest BCUT2D eigenvalue weighted by molar-refractivity contribution is 0.382. The number of hydrogen-bond donors (Lipinski definition) is 1. The normalized spacial score (nSPS) is 10.4. The molecule has 2 aromatic rings. The summed E-state index contributed by atoms with van der Waals surface area (Å²) in [5, 5.41) is 10.0. The summed E-state index contributed by atoms with van der Waals surface area (Å²) < 4.78 is 4.89. The van der Waals surface area contributed by atoms with Crippen LogP contribution in [-0.2, 0) is 6.42 Å². The molecule has 0 aliphatic rings. The molecule has 0 aliphatic heterocycles. The van der Waals surface area contributed by atoms with E-state index >= 15 is 0 Å². The van der Waals surface area contributed by atoms with Gasteiger partial charge >= 0.3 is 0 Å². The molecule has 0 saturated carbocycles. The molecule has 62 valence electrons. The van der Waals surface area contributed by atoms with Crippen LogP contribution in [0.25, 0.3) is 11.6 Å². The highest BCUT2D eigenvalue weighted by molar-refractivity contribution is 5.39. The predicted molar refractivity (Wildman–Crippen MR) is 39.1 cm³/mol. The molecule has 12 heavy (non-hydrogen) atoms. The van der Waals surface area contributed by atoms with Gasteiger partial charge in [-0.1, -0.05) is 12.1 Å². The maximum atomic E-state index is 4.89. The molecular weight excluding hydrogens is 158 g/mol. The lowest BCUT2D eigenvalue weighted by Gasteiger charge is -1.80. The molecule has 6 heteroatoms. The van der Waals surface area contributed by atoms with Crippen molar-refractivity contribution < 1.29 is 4.52 Å². The molecule has 0 aromatic carbocycles. The Morgan fingerprint density at radius 2 is 2.50 bits per heavy atom. The number of nitrogens with one attached hydrogen (secondary N) is 1. The van der Waals surface area contributed by atoms with Gasteiger partial charge in [-0.2, -0.15) is 10.1 Å². The Balaban J connectivity index is 2.35. The summed E-state index contributed by atoms with van der Waals surface area (Å²) in [6.45, 7) is 1.94. The molecule has 0 bridgehead atoms. The average molecular weight is 165 g/mol. The monoisotopic (exact) mass is 165 g/mol. The minimum absolute atomic E-state index is 0.448. The minimum atomic E-state index is 0.448. The summed E-state index contributed by atoms with van der Waals surface area (Å²) in [5.41, 5.74) is 0. The van der Waals surface area contributed by atoms with Gasteiger partial charge in [0.05, 0.1) is 0 Å². The van der Waals surface area contributed by atoms with Crippen molar-refractivity contribution in [3.05, 3.63) is 12.2 Å². The van der Waals surface area contributed by atoms with Crippen molar-refractivity contribution in [1.82, 2.24) is 25.3 Å². The van der Waals surface area contributed by atoms with E-state index in [1.165, 1.54) is 6.33 Å². The van der Waals surface area contributed by atoms with Gasteiger partial charge in [0.25, 0.3) is 0 Å². The number of aromatic amines is 1. The molecule has 2 aromatic heterocycles. The van der Waals surface area contributed by atoms with Gasteiger partial charge in [0.1, 0.15) is 6.33 Å². The Labute approximate surface area is 68.0 Å². The zero-order valence-electron chi connectivity index (χ0n) is 6.48. The maximum Gasteiger partial charge on any atom is 0.239 e. The zero-order valence-corrected chi connectivity index (χ0v) is 6.48. The molecule has 2 rings (SSSR count). The van der Waals surface area contributed by atoms with Crippen molar-refractivity contribution >= 4 is 0 Å². The molecule has 0 radical (unpaired) electrons. The van der Waals surface area contributed by atoms with Crippen LogP contribution in [0, 0.1) is 0 Å². The topological polar surface area (TPSA) is 80.5 Å². The van der Waals surface area contributed by atoms with Crippen molar-refractivity contribution in [2.75, 3.05) is 0 Å². The third-order valence-electron chi connectivity index (χ3n) is 1.40. The van der Waals surface area contributed by atoms with E-state index in [9.17, 15) is 0 Å². The molecule has 0 spiro atoms. The van der Waals surface area contributed by atoms with E-state index in [0.717, 1.165) is 6.42 Å². The molecule has 0 unspecified atom stereocenters. The number of rotatable bonds is 2. The van der Waals surface area contributed by atoms with E-state index in [1.54, 1.807) is 0 Å². The van der Waals surface area contributed by atoms with Gasteiger partial charge in [-0.15, -0.1) is 0 Å². The van der Waals surface area contributed by atoms with E-state index in [2.05, 4.69) is 25.3 Å². The summed E-state index contributed by atoms with van der Waals surface area (Å²) in [4.78, 5) is 7.94. The van der Waals surface area contributed by atoms with Crippen LogP contribution in [0.15, 0.2) is 10.9 Å². The summed E-state index contributed by atoms with van der Waals surface area (Å²) in [6, 6.07) is 0. The molecular formula is C6H7N5O. The van der Waals surface area contributed by atoms with Crippen LogP contribution in [-0.4, -0.2) is 25.3 Å². The quantitative estimate of drug-likeness (QED) is 0.697. The van der Waals surface area contributed by atoms with Crippen molar-refractivity contribution in [3.8, 4) is 11.6 Å². The van der Waals surface area contributed by atoms with Gasteiger partial charge in [-0.3, -0.25) is 5.10 Å². The Morgan fingerprint density at radius 1 is 1.58 bits per heavy atom. The Kier molecular flexibility index (Phi) is 1.58. The first-order valence-electron chi connectivity index (χ1n) is 3.58. The molecule has 0 saturated heterocycles. The van der Waals surface area contributed by atoms with Crippen LogP contribution >= 0.6 is 0 Å². The van der Waals surface area contributed by atoms with E-state index in [4.69, 9.17) is 4.52 Å². The fraction of sp³-hybridized carbons (Fsp3) is 0.333. The molecule has 1 N–H and O–H groups in total. The van der Waals surface area contributed by atoms with Gasteiger partial charge < -0.3 is 4.52 Å². The maximum absolute atomic E-state index is 4.89. The van der Waals surface area contributed by atoms with Gasteiger partial charge in [-0.25, -0.2) is 4.98 Å². The summed E-state index contributed by atoms with van der Waals surface area (Å²) in [7, 11) is 0. The molecule has 0 fully saturated rings. The molecule has 0 amide bonds. The predicted octanol–water partition coefficient (Wildman–Crippen LogP) is 0.417. The van der Waals surface area contributed by atoms with Crippen molar-refractivity contribution in [1.29, 1.82) is 0 Å². The van der Waals surface area contributed by atoms with Crippen LogP contribution < -0.4 is 0 Å². The minimum Gasteiger partial charge on any atom is -0.339 e. The van der Waals surface area contributed by atoms with Crippen LogP contribution in [0.1, 0.15) is 12.8 Å². The largest absolute Gasteiger partial charge is 0.339 e. The van der Waals surface area contributed by atoms with Crippen molar-refractivity contribution in [2.45, 2.75) is 13.3 Å². The van der Waals surface area contributed by atoms with E-state index < -0.39 is 0 Å². The van der Waals surface area contributed by atoms with Crippen LogP contribution in [0.4, 0.5) is 0 Å². The summed E-state index contributed by atoms with van der Waals surface area (Å²) in [6.07, 6.45) is 2.12. The first-order chi connectivity index (χ1) is 5.90. The first kappa shape index (κ1) is 6.96. The third-order valence-corrected chi connectivity index (χ3v) is 1.40. The Bertz CT molecular complexity index is 352. The second-order valence-electron chi connectivity index (χ2n) is 2.20. The lowest BCUT2D eigenvalue weighted by Crippen LogP contribution is -1.84. The zero-order chi connectivity index (χ0) is 8.39. The summed E-state index contributed by atoms with van der Waals surface area (Å²) >= 11 is 0. The van der Waals surface area contributed by atoms with E-state index in [-0.39, 0.29) is 0 Å². The standard InChI is InChI=1S/C6H7N5O/c1-2-4-9-6(11-12-4)5-7-3-8-10-5/h3H,2H2,1H3,(H,7,8,10). The number of hydrogen-bond acceptors (Lipinski definition) is 5. The Morgan fingerprint density at radius 3 is 3.08 bits per heavy atom. The smallest absolute Gasteiger partial charge is 0.239 e. The summed E-state index contributed by atoms with van der Waals surface area (Å²) in [5.74, 6) is 1.57. The SMILES string of the molecule is CCc1nc(-c2ncn[nH]2)no1. The average Bonchev–Trinajstić information content (AvgIpc) is 2.75. The fourth-order valence-corrected chi connectivity index (χ4v) is 0.808. The van der Waals surface area contributed by atoms with Crippen LogP contribution in [0.5, 0.6) is 0 Å². The van der Waals surface area contributed by atoms with Crippen LogP contribution in [0.2, 0.25) is 0 Å². The van der Waals surface area contributed by atoms with Crippen molar-refractivity contribution in [2.24, 2.45) is 0 Å². The second-order valence-corrected chi connectivity index (χ2v) is 2.20. The lowest BCUT2D eigenvalue weighted by atomic mass is 10.5. The van der Waals surface area contributed by atoms with E-state index in [1.807, 2.05) is 6.92 Å². The van der Waals surface area contributed by atoms with Gasteiger partial charge in [0.2, 0.25) is 11.7 Å². The van der Waals surface area contributed by atoms with Crippen molar-refractivity contribution in [3.63, 3.8) is 0 Å². The Hall–Kier alpha value is -1.72. The number of aromatic nitrogens is 5. The van der Waals surface area contributed by atoms with Gasteiger partial charge in [-0.05, 0) is 0 Å². The third kappa shape index (κ3) is 1.07. The highest BCUT2D eigenvalue weighted by Gasteiger charge is 2.08. The van der Waals surface area contributed by atoms with Crippen LogP contribution in [0.3, 0.4) is 0 Å². The molecule has 2 heterocycles. The number of aryl methyl sites for hydroxylation is 1. The molecule has 0 aliphatic carbocycles. The van der Waals surface area contributed by atoms with Gasteiger partial charge in [0.15, 0.2) is 5.82 Å².